The summed E-state index contributed by atoms with van der Waals surface area (Å²) in [6.45, 7) is 1.95. The van der Waals surface area contributed by atoms with Crippen molar-refractivity contribution >= 4 is 49.9 Å². The van der Waals surface area contributed by atoms with Gasteiger partial charge in [-0.2, -0.15) is 5.10 Å². The molecule has 1 aliphatic rings. The molecule has 3 aromatic carbocycles. The Morgan fingerprint density at radius 2 is 1.76 bits per heavy atom. The summed E-state index contributed by atoms with van der Waals surface area (Å²) in [7, 11) is 1.54. The number of carbonyl (C=O) groups is 2. The molecule has 10 heteroatoms. The predicted molar refractivity (Wildman–Crippen MR) is 152 cm³/mol. The first kappa shape index (κ1) is 27.7. The van der Waals surface area contributed by atoms with Gasteiger partial charge >= 0.3 is 0 Å². The molecule has 1 aliphatic heterocycles. The summed E-state index contributed by atoms with van der Waals surface area (Å²) < 4.78 is 12.4. The molecule has 0 saturated carbocycles. The number of amides is 2. The molecule has 38 heavy (non-hydrogen) atoms. The van der Waals surface area contributed by atoms with Gasteiger partial charge in [0.25, 0.3) is 11.8 Å². The van der Waals surface area contributed by atoms with E-state index >= 15 is 0 Å². The lowest BCUT2D eigenvalue weighted by Gasteiger charge is -2.26. The smallest absolute Gasteiger partial charge is 0.275 e. The van der Waals surface area contributed by atoms with E-state index in [2.05, 4.69) is 42.4 Å². The Balaban J connectivity index is 1.35. The number of carbonyl (C=O) groups excluding carboxylic acids is 2. The fourth-order valence-electron chi connectivity index (χ4n) is 4.03. The first-order valence-corrected chi connectivity index (χ1v) is 13.6. The number of benzene rings is 3. The van der Waals surface area contributed by atoms with Crippen LogP contribution in [0.2, 0.25) is 0 Å². The molecule has 1 heterocycles. The van der Waals surface area contributed by atoms with Crippen molar-refractivity contribution in [2.45, 2.75) is 25.9 Å². The first-order chi connectivity index (χ1) is 18.4. The van der Waals surface area contributed by atoms with Gasteiger partial charge in [-0.25, -0.2) is 5.43 Å². The van der Waals surface area contributed by atoms with Crippen molar-refractivity contribution in [3.05, 3.63) is 85.8 Å². The number of phenolic OH excluding ortho intramolecular Hbond substituents is 1. The number of methoxy groups -OCH3 is 1. The maximum absolute atomic E-state index is 12.7. The van der Waals surface area contributed by atoms with Crippen LogP contribution in [0.15, 0.2) is 68.6 Å². The standard InChI is InChI=1S/C28H27Br2N3O5/c1-37-25-13-19(16-31-32-27(35)22-14-21(29)15-23(30)26(22)34)7-10-24(25)38-17-18-5-8-20(9-6-18)28(36)33-11-3-2-4-12-33/h5-10,13-16,34H,2-4,11-12,17H2,1H3,(H,32,35)/b31-16-. The molecular formula is C28H27Br2N3O5. The van der Waals surface area contributed by atoms with Crippen LogP contribution in [-0.2, 0) is 6.61 Å². The highest BCUT2D eigenvalue weighted by Crippen LogP contribution is 2.32. The van der Waals surface area contributed by atoms with Gasteiger partial charge in [-0.3, -0.25) is 9.59 Å². The van der Waals surface area contributed by atoms with E-state index in [1.165, 1.54) is 18.7 Å². The average molecular weight is 645 g/mol. The molecule has 4 rings (SSSR count). The predicted octanol–water partition coefficient (Wildman–Crippen LogP) is 5.89. The number of rotatable bonds is 8. The third kappa shape index (κ3) is 6.93. The number of nitrogens with one attached hydrogen (secondary N) is 1. The van der Waals surface area contributed by atoms with Gasteiger partial charge in [0.1, 0.15) is 12.4 Å². The molecule has 0 bridgehead atoms. The molecule has 3 aromatic rings. The van der Waals surface area contributed by atoms with Gasteiger partial charge in [0.15, 0.2) is 11.5 Å². The number of piperidine rings is 1. The maximum Gasteiger partial charge on any atom is 0.275 e. The summed E-state index contributed by atoms with van der Waals surface area (Å²) >= 11 is 6.50. The lowest BCUT2D eigenvalue weighted by Crippen LogP contribution is -2.35. The van der Waals surface area contributed by atoms with Gasteiger partial charge in [0.2, 0.25) is 0 Å². The molecule has 0 spiro atoms. The van der Waals surface area contributed by atoms with Crippen LogP contribution in [0, 0.1) is 0 Å². The Morgan fingerprint density at radius 3 is 2.47 bits per heavy atom. The fourth-order valence-corrected chi connectivity index (χ4v) is 5.26. The van der Waals surface area contributed by atoms with Crippen LogP contribution in [0.1, 0.15) is 51.1 Å². The zero-order chi connectivity index (χ0) is 27.1. The summed E-state index contributed by atoms with van der Waals surface area (Å²) in [6.07, 6.45) is 4.77. The van der Waals surface area contributed by atoms with Crippen LogP contribution in [0.3, 0.4) is 0 Å². The normalized spacial score (nSPS) is 13.4. The summed E-state index contributed by atoms with van der Waals surface area (Å²) in [5, 5.41) is 14.1. The Hall–Kier alpha value is -3.37. The Bertz CT molecular complexity index is 1340. The number of hydrogen-bond donors (Lipinski definition) is 2. The van der Waals surface area contributed by atoms with Crippen molar-refractivity contribution in [2.24, 2.45) is 5.10 Å². The second kappa shape index (κ2) is 12.9. The van der Waals surface area contributed by atoms with E-state index in [0.29, 0.717) is 38.2 Å². The summed E-state index contributed by atoms with van der Waals surface area (Å²) in [5.41, 5.74) is 4.77. The van der Waals surface area contributed by atoms with E-state index in [0.717, 1.165) is 31.5 Å². The average Bonchev–Trinajstić information content (AvgIpc) is 2.94. The molecule has 198 valence electrons. The second-order valence-corrected chi connectivity index (χ2v) is 10.5. The Morgan fingerprint density at radius 1 is 1.03 bits per heavy atom. The molecular weight excluding hydrogens is 618 g/mol. The third-order valence-corrected chi connectivity index (χ3v) is 7.14. The highest BCUT2D eigenvalue weighted by atomic mass is 79.9. The highest BCUT2D eigenvalue weighted by molar-refractivity contribution is 9.11. The minimum atomic E-state index is -0.559. The van der Waals surface area contributed by atoms with Crippen LogP contribution in [0.4, 0.5) is 0 Å². The topological polar surface area (TPSA) is 100 Å². The number of nitrogens with zero attached hydrogens (tertiary/aromatic N) is 2. The highest BCUT2D eigenvalue weighted by Gasteiger charge is 2.18. The number of ether oxygens (including phenoxy) is 2. The number of hydrogen-bond acceptors (Lipinski definition) is 6. The number of phenols is 1. The van der Waals surface area contributed by atoms with E-state index in [9.17, 15) is 14.7 Å². The molecule has 2 N–H and O–H groups in total. The van der Waals surface area contributed by atoms with Crippen LogP contribution in [0.5, 0.6) is 17.2 Å². The van der Waals surface area contributed by atoms with Gasteiger partial charge < -0.3 is 19.5 Å². The number of aromatic hydroxyl groups is 1. The first-order valence-electron chi connectivity index (χ1n) is 12.1. The van der Waals surface area contributed by atoms with Crippen LogP contribution >= 0.6 is 31.9 Å². The van der Waals surface area contributed by atoms with Crippen LogP contribution < -0.4 is 14.9 Å². The molecule has 0 unspecified atom stereocenters. The number of halogens is 2. The van der Waals surface area contributed by atoms with Crippen LogP contribution in [0.25, 0.3) is 0 Å². The number of likely N-dealkylation sites (tertiary alicyclic amines) is 1. The van der Waals surface area contributed by atoms with Crippen molar-refractivity contribution in [3.8, 4) is 17.2 Å². The fraction of sp³-hybridized carbons (Fsp3) is 0.250. The van der Waals surface area contributed by atoms with Crippen LogP contribution in [-0.4, -0.2) is 48.2 Å². The molecule has 0 aromatic heterocycles. The Kier molecular flexibility index (Phi) is 9.41. The van der Waals surface area contributed by atoms with Gasteiger partial charge in [-0.05, 0) is 88.8 Å². The van der Waals surface area contributed by atoms with Gasteiger partial charge in [-0.15, -0.1) is 0 Å². The lowest BCUT2D eigenvalue weighted by atomic mass is 10.1. The van der Waals surface area contributed by atoms with Crippen molar-refractivity contribution in [3.63, 3.8) is 0 Å². The van der Waals surface area contributed by atoms with Gasteiger partial charge in [0.05, 0.1) is 23.4 Å². The van der Waals surface area contributed by atoms with Crippen molar-refractivity contribution < 1.29 is 24.2 Å². The quantitative estimate of drug-likeness (QED) is 0.235. The monoisotopic (exact) mass is 643 g/mol. The number of hydrazone groups is 1. The summed E-state index contributed by atoms with van der Waals surface area (Å²) in [4.78, 5) is 27.0. The van der Waals surface area contributed by atoms with E-state index in [4.69, 9.17) is 9.47 Å². The third-order valence-electron chi connectivity index (χ3n) is 6.08. The molecule has 8 nitrogen and oxygen atoms in total. The maximum atomic E-state index is 12.7. The van der Waals surface area contributed by atoms with Crippen molar-refractivity contribution in [1.29, 1.82) is 0 Å². The largest absolute Gasteiger partial charge is 0.506 e. The SMILES string of the molecule is COc1cc(/C=N\NC(=O)c2cc(Br)cc(Br)c2O)ccc1OCc1ccc(C(=O)N2CCCCC2)cc1. The van der Waals surface area contributed by atoms with E-state index in [1.54, 1.807) is 31.4 Å². The molecule has 0 radical (unpaired) electrons. The zero-order valence-electron chi connectivity index (χ0n) is 20.7. The van der Waals surface area contributed by atoms with Crippen molar-refractivity contribution in [1.82, 2.24) is 10.3 Å². The minimum absolute atomic E-state index is 0.0774. The minimum Gasteiger partial charge on any atom is -0.506 e. The van der Waals surface area contributed by atoms with E-state index in [1.807, 2.05) is 29.2 Å². The van der Waals surface area contributed by atoms with Gasteiger partial charge in [0, 0.05) is 23.1 Å². The second-order valence-electron chi connectivity index (χ2n) is 8.73. The van der Waals surface area contributed by atoms with E-state index < -0.39 is 5.91 Å². The van der Waals surface area contributed by atoms with E-state index in [-0.39, 0.29) is 17.2 Å². The zero-order valence-corrected chi connectivity index (χ0v) is 23.9. The molecule has 0 atom stereocenters. The van der Waals surface area contributed by atoms with Crippen molar-refractivity contribution in [2.75, 3.05) is 20.2 Å². The molecule has 2 amide bonds. The summed E-state index contributed by atoms with van der Waals surface area (Å²) in [6, 6.07) is 15.9. The molecule has 1 fully saturated rings. The Labute approximate surface area is 237 Å². The molecule has 0 aliphatic carbocycles. The summed E-state index contributed by atoms with van der Waals surface area (Å²) in [5.74, 6) is 0.397. The van der Waals surface area contributed by atoms with Gasteiger partial charge in [-0.1, -0.05) is 28.1 Å². The lowest BCUT2D eigenvalue weighted by molar-refractivity contribution is 0.0724. The molecule has 1 saturated heterocycles.